The first-order valence-electron chi connectivity index (χ1n) is 7.70. The van der Waals surface area contributed by atoms with Crippen molar-refractivity contribution in [1.29, 1.82) is 0 Å². The molecule has 130 valence electrons. The van der Waals surface area contributed by atoms with Crippen molar-refractivity contribution in [3.05, 3.63) is 39.9 Å². The normalized spacial score (nSPS) is 22.9. The summed E-state index contributed by atoms with van der Waals surface area (Å²) in [5.74, 6) is 0.355. The van der Waals surface area contributed by atoms with Crippen LogP contribution in [0.4, 0.5) is 13.2 Å². The Balaban J connectivity index is 1.93. The average molecular weight is 341 g/mol. The summed E-state index contributed by atoms with van der Waals surface area (Å²) < 4.78 is 44.2. The molecule has 5 nitrogen and oxygen atoms in total. The van der Waals surface area contributed by atoms with Crippen molar-refractivity contribution in [2.75, 3.05) is 13.1 Å². The van der Waals surface area contributed by atoms with Gasteiger partial charge in [0, 0.05) is 13.1 Å². The van der Waals surface area contributed by atoms with Crippen LogP contribution in [0, 0.1) is 0 Å². The Morgan fingerprint density at radius 1 is 1.29 bits per heavy atom. The monoisotopic (exact) mass is 341 g/mol. The number of hydrogen-bond donors (Lipinski definition) is 1. The molecule has 8 heteroatoms. The smallest absolute Gasteiger partial charge is 0.373 e. The van der Waals surface area contributed by atoms with Gasteiger partial charge in [-0.25, -0.2) is 4.98 Å². The maximum atomic E-state index is 12.8. The number of aromatic nitrogens is 2. The summed E-state index contributed by atoms with van der Waals surface area (Å²) in [7, 11) is 0. The zero-order chi connectivity index (χ0) is 17.5. The number of ether oxygens (including phenoxy) is 1. The van der Waals surface area contributed by atoms with Crippen molar-refractivity contribution in [3.8, 4) is 0 Å². The molecule has 1 aromatic heterocycles. The highest BCUT2D eigenvalue weighted by atomic mass is 19.4. The molecule has 0 unspecified atom stereocenters. The van der Waals surface area contributed by atoms with Crippen molar-refractivity contribution >= 4 is 10.9 Å². The Kier molecular flexibility index (Phi) is 4.35. The van der Waals surface area contributed by atoms with Gasteiger partial charge in [0.25, 0.3) is 5.56 Å². The SMILES string of the molecule is C[C@H]1CN(Cc2nc3cc(C(F)(F)F)ccc3c(=O)[nH]2)C[C@H](C)O1. The molecule has 1 aliphatic rings. The number of nitrogens with zero attached hydrogens (tertiary/aromatic N) is 2. The van der Waals surface area contributed by atoms with Crippen molar-refractivity contribution in [2.45, 2.75) is 38.8 Å². The highest BCUT2D eigenvalue weighted by Crippen LogP contribution is 2.30. The molecule has 2 atom stereocenters. The van der Waals surface area contributed by atoms with Gasteiger partial charge in [0.15, 0.2) is 0 Å². The Morgan fingerprint density at radius 2 is 1.96 bits per heavy atom. The number of H-pyrrole nitrogens is 1. The van der Waals surface area contributed by atoms with Crippen molar-refractivity contribution in [1.82, 2.24) is 14.9 Å². The van der Waals surface area contributed by atoms with E-state index in [4.69, 9.17) is 4.74 Å². The maximum absolute atomic E-state index is 12.8. The van der Waals surface area contributed by atoms with E-state index in [0.29, 0.717) is 25.5 Å². The van der Waals surface area contributed by atoms with E-state index < -0.39 is 17.3 Å². The van der Waals surface area contributed by atoms with Crippen molar-refractivity contribution in [2.24, 2.45) is 0 Å². The second-order valence-electron chi connectivity index (χ2n) is 6.19. The van der Waals surface area contributed by atoms with Crippen LogP contribution in [0.25, 0.3) is 10.9 Å². The highest BCUT2D eigenvalue weighted by molar-refractivity contribution is 5.78. The lowest BCUT2D eigenvalue weighted by atomic mass is 10.1. The minimum atomic E-state index is -4.46. The number of rotatable bonds is 2. The number of halogens is 3. The van der Waals surface area contributed by atoms with Crippen molar-refractivity contribution in [3.63, 3.8) is 0 Å². The number of benzene rings is 1. The second kappa shape index (κ2) is 6.18. The molecule has 1 N–H and O–H groups in total. The van der Waals surface area contributed by atoms with E-state index in [9.17, 15) is 18.0 Å². The fourth-order valence-electron chi connectivity index (χ4n) is 3.06. The van der Waals surface area contributed by atoms with Crippen LogP contribution in [0.15, 0.2) is 23.0 Å². The van der Waals surface area contributed by atoms with Crippen LogP contribution in [0.3, 0.4) is 0 Å². The highest BCUT2D eigenvalue weighted by Gasteiger charge is 2.31. The quantitative estimate of drug-likeness (QED) is 0.912. The Bertz CT molecular complexity index is 793. The standard InChI is InChI=1S/C16H18F3N3O2/c1-9-6-22(7-10(2)24-9)8-14-20-13-5-11(16(17,18)19)3-4-12(13)15(23)21-14/h3-5,9-10H,6-8H2,1-2H3,(H,20,21,23)/t9-,10-/m0/s1. The molecule has 0 aliphatic carbocycles. The molecule has 2 aromatic rings. The largest absolute Gasteiger partial charge is 0.416 e. The molecule has 1 fully saturated rings. The van der Waals surface area contributed by atoms with E-state index in [-0.39, 0.29) is 23.1 Å². The molecule has 2 heterocycles. The number of alkyl halides is 3. The van der Waals surface area contributed by atoms with E-state index in [2.05, 4.69) is 14.9 Å². The second-order valence-corrected chi connectivity index (χ2v) is 6.19. The van der Waals surface area contributed by atoms with Crippen LogP contribution in [0.1, 0.15) is 25.2 Å². The molecule has 1 aliphatic heterocycles. The lowest BCUT2D eigenvalue weighted by Crippen LogP contribution is -2.45. The molecule has 24 heavy (non-hydrogen) atoms. The molecule has 0 radical (unpaired) electrons. The van der Waals surface area contributed by atoms with E-state index in [0.717, 1.165) is 18.2 Å². The predicted molar refractivity (Wildman–Crippen MR) is 82.7 cm³/mol. The van der Waals surface area contributed by atoms with Gasteiger partial charge < -0.3 is 9.72 Å². The van der Waals surface area contributed by atoms with E-state index in [1.54, 1.807) is 0 Å². The average Bonchev–Trinajstić information content (AvgIpc) is 2.44. The molecule has 0 amide bonds. The van der Waals surface area contributed by atoms with Gasteiger partial charge in [0.2, 0.25) is 0 Å². The van der Waals surface area contributed by atoms with Crippen LogP contribution in [-0.4, -0.2) is 40.2 Å². The molecule has 1 saturated heterocycles. The van der Waals surface area contributed by atoms with Gasteiger partial charge in [-0.1, -0.05) is 0 Å². The fourth-order valence-corrected chi connectivity index (χ4v) is 3.06. The number of aromatic amines is 1. The molecule has 1 aromatic carbocycles. The lowest BCUT2D eigenvalue weighted by Gasteiger charge is -2.34. The van der Waals surface area contributed by atoms with Crippen LogP contribution in [-0.2, 0) is 17.5 Å². The van der Waals surface area contributed by atoms with Crippen LogP contribution in [0.2, 0.25) is 0 Å². The van der Waals surface area contributed by atoms with E-state index in [1.165, 1.54) is 0 Å². The zero-order valence-corrected chi connectivity index (χ0v) is 13.4. The predicted octanol–water partition coefficient (Wildman–Crippen LogP) is 2.55. The van der Waals surface area contributed by atoms with Crippen molar-refractivity contribution < 1.29 is 17.9 Å². The third-order valence-electron chi connectivity index (χ3n) is 3.95. The van der Waals surface area contributed by atoms with Crippen LogP contribution in [0.5, 0.6) is 0 Å². The van der Waals surface area contributed by atoms with Gasteiger partial charge in [0.05, 0.1) is 35.2 Å². The summed E-state index contributed by atoms with van der Waals surface area (Å²) >= 11 is 0. The van der Waals surface area contributed by atoms with Gasteiger partial charge in [-0.05, 0) is 32.0 Å². The maximum Gasteiger partial charge on any atom is 0.416 e. The Morgan fingerprint density at radius 3 is 2.58 bits per heavy atom. The molecular formula is C16H18F3N3O2. The summed E-state index contributed by atoms with van der Waals surface area (Å²) in [6.45, 7) is 5.62. The Labute approximate surface area is 136 Å². The molecule has 0 spiro atoms. The Hall–Kier alpha value is -1.93. The van der Waals surface area contributed by atoms with Gasteiger partial charge in [-0.2, -0.15) is 13.2 Å². The minimum absolute atomic E-state index is 0.0535. The summed E-state index contributed by atoms with van der Waals surface area (Å²) in [6, 6.07) is 2.97. The van der Waals surface area contributed by atoms with Gasteiger partial charge in [-0.3, -0.25) is 9.69 Å². The van der Waals surface area contributed by atoms with E-state index >= 15 is 0 Å². The number of hydrogen-bond acceptors (Lipinski definition) is 4. The first-order chi connectivity index (χ1) is 11.2. The molecule has 0 bridgehead atoms. The number of nitrogens with one attached hydrogen (secondary N) is 1. The third-order valence-corrected chi connectivity index (χ3v) is 3.95. The fraction of sp³-hybridized carbons (Fsp3) is 0.500. The summed E-state index contributed by atoms with van der Waals surface area (Å²) in [6.07, 6.45) is -4.36. The summed E-state index contributed by atoms with van der Waals surface area (Å²) in [4.78, 5) is 21.0. The third kappa shape index (κ3) is 3.59. The van der Waals surface area contributed by atoms with E-state index in [1.807, 2.05) is 13.8 Å². The minimum Gasteiger partial charge on any atom is -0.373 e. The topological polar surface area (TPSA) is 58.2 Å². The van der Waals surface area contributed by atoms with Gasteiger partial charge >= 0.3 is 6.18 Å². The van der Waals surface area contributed by atoms with Gasteiger partial charge in [-0.15, -0.1) is 0 Å². The lowest BCUT2D eigenvalue weighted by molar-refractivity contribution is -0.137. The summed E-state index contributed by atoms with van der Waals surface area (Å²) in [5.41, 5.74) is -1.19. The molecule has 0 saturated carbocycles. The molecule has 3 rings (SSSR count). The first kappa shape index (κ1) is 16.9. The van der Waals surface area contributed by atoms with Gasteiger partial charge in [0.1, 0.15) is 5.82 Å². The number of morpholine rings is 1. The van der Waals surface area contributed by atoms with Crippen LogP contribution >= 0.6 is 0 Å². The first-order valence-corrected chi connectivity index (χ1v) is 7.70. The van der Waals surface area contributed by atoms with Crippen LogP contribution < -0.4 is 5.56 Å². The molecular weight excluding hydrogens is 323 g/mol. The zero-order valence-electron chi connectivity index (χ0n) is 13.4. The number of fused-ring (bicyclic) bond motifs is 1. The summed E-state index contributed by atoms with van der Waals surface area (Å²) in [5, 5.41) is 0.149.